The molecule has 0 amide bonds. The fraction of sp³-hybridized carbons (Fsp3) is 0.385. The number of benzene rings is 2. The van der Waals surface area contributed by atoms with Gasteiger partial charge in [0.25, 0.3) is 5.56 Å². The number of tetrazole rings is 1. The average molecular weight is 459 g/mol. The van der Waals surface area contributed by atoms with E-state index in [1.54, 1.807) is 7.11 Å². The molecule has 0 bridgehead atoms. The van der Waals surface area contributed by atoms with Crippen LogP contribution in [0.1, 0.15) is 42.8 Å². The standard InChI is InChI=1S/C26H30N6O2/c1-18-7-6-13-31(17-18)24(22-15-20-10-11-21(34-2)16-23(20)27-26(22)33)25-28-29-30-32(25)14-12-19-8-4-3-5-9-19/h3-5,8-11,15-16,18,24H,6-7,12-14,17H2,1-2H3,(H,27,33)/t18-,24-/m0/s1. The van der Waals surface area contributed by atoms with Crippen molar-refractivity contribution in [3.05, 3.63) is 81.9 Å². The van der Waals surface area contributed by atoms with Crippen molar-refractivity contribution in [1.29, 1.82) is 0 Å². The van der Waals surface area contributed by atoms with Crippen molar-refractivity contribution in [2.75, 3.05) is 20.2 Å². The van der Waals surface area contributed by atoms with E-state index in [4.69, 9.17) is 4.74 Å². The Morgan fingerprint density at radius 2 is 2.03 bits per heavy atom. The van der Waals surface area contributed by atoms with E-state index in [0.29, 0.717) is 29.6 Å². The third-order valence-corrected chi connectivity index (χ3v) is 6.69. The molecule has 5 rings (SSSR count). The highest BCUT2D eigenvalue weighted by Gasteiger charge is 2.32. The summed E-state index contributed by atoms with van der Waals surface area (Å²) in [5, 5.41) is 13.7. The van der Waals surface area contributed by atoms with E-state index in [-0.39, 0.29) is 11.6 Å². The minimum atomic E-state index is -0.316. The lowest BCUT2D eigenvalue weighted by Crippen LogP contribution is -2.41. The highest BCUT2D eigenvalue weighted by Crippen LogP contribution is 2.31. The molecule has 1 saturated heterocycles. The Kier molecular flexibility index (Phi) is 6.40. The summed E-state index contributed by atoms with van der Waals surface area (Å²) in [4.78, 5) is 18.8. The molecule has 8 nitrogen and oxygen atoms in total. The van der Waals surface area contributed by atoms with Gasteiger partial charge in [0.05, 0.1) is 12.6 Å². The second-order valence-corrected chi connectivity index (χ2v) is 9.15. The molecule has 3 heterocycles. The Bertz CT molecular complexity index is 1320. The molecule has 34 heavy (non-hydrogen) atoms. The number of aryl methyl sites for hydroxylation is 2. The average Bonchev–Trinajstić information content (AvgIpc) is 3.32. The lowest BCUT2D eigenvalue weighted by atomic mass is 9.95. The van der Waals surface area contributed by atoms with Crippen LogP contribution in [-0.4, -0.2) is 50.3 Å². The van der Waals surface area contributed by atoms with Crippen LogP contribution in [0.5, 0.6) is 5.75 Å². The number of aromatic nitrogens is 5. The third-order valence-electron chi connectivity index (χ3n) is 6.69. The van der Waals surface area contributed by atoms with Crippen LogP contribution in [0.4, 0.5) is 0 Å². The predicted octanol–water partition coefficient (Wildman–Crippen LogP) is 3.59. The van der Waals surface area contributed by atoms with Gasteiger partial charge in [-0.3, -0.25) is 9.69 Å². The number of hydrogen-bond acceptors (Lipinski definition) is 6. The zero-order chi connectivity index (χ0) is 23.5. The summed E-state index contributed by atoms with van der Waals surface area (Å²) in [6.07, 6.45) is 3.10. The molecule has 1 fully saturated rings. The summed E-state index contributed by atoms with van der Waals surface area (Å²) in [7, 11) is 1.62. The lowest BCUT2D eigenvalue weighted by molar-refractivity contribution is 0.141. The van der Waals surface area contributed by atoms with E-state index in [1.165, 1.54) is 12.0 Å². The van der Waals surface area contributed by atoms with Gasteiger partial charge in [-0.05, 0) is 71.3 Å². The molecular formula is C26H30N6O2. The Labute approximate surface area is 198 Å². The Morgan fingerprint density at radius 3 is 2.82 bits per heavy atom. The molecule has 4 aromatic rings. The number of piperidine rings is 1. The third kappa shape index (κ3) is 4.59. The fourth-order valence-electron chi connectivity index (χ4n) is 4.93. The molecule has 8 heteroatoms. The van der Waals surface area contributed by atoms with Crippen LogP contribution in [0.3, 0.4) is 0 Å². The maximum absolute atomic E-state index is 13.4. The van der Waals surface area contributed by atoms with E-state index in [2.05, 4.69) is 44.5 Å². The quantitative estimate of drug-likeness (QED) is 0.455. The second-order valence-electron chi connectivity index (χ2n) is 9.15. The molecular weight excluding hydrogens is 428 g/mol. The smallest absolute Gasteiger partial charge is 0.253 e. The molecule has 0 unspecified atom stereocenters. The Balaban J connectivity index is 1.56. The van der Waals surface area contributed by atoms with E-state index in [9.17, 15) is 4.79 Å². The molecule has 0 radical (unpaired) electrons. The minimum absolute atomic E-state index is 0.124. The molecule has 1 aliphatic heterocycles. The van der Waals surface area contributed by atoms with Crippen molar-refractivity contribution in [2.24, 2.45) is 5.92 Å². The summed E-state index contributed by atoms with van der Waals surface area (Å²) in [5.74, 6) is 1.97. The number of pyridine rings is 1. The molecule has 0 saturated carbocycles. The van der Waals surface area contributed by atoms with E-state index in [1.807, 2.05) is 47.1 Å². The minimum Gasteiger partial charge on any atom is -0.497 e. The van der Waals surface area contributed by atoms with Gasteiger partial charge in [-0.1, -0.05) is 37.3 Å². The largest absolute Gasteiger partial charge is 0.497 e. The second kappa shape index (κ2) is 9.77. The molecule has 1 aliphatic rings. The van der Waals surface area contributed by atoms with Crippen molar-refractivity contribution in [2.45, 2.75) is 38.8 Å². The SMILES string of the molecule is COc1ccc2cc([C@@H](c3nnnn3CCc3ccccc3)N3CCC[C@H](C)C3)c(=O)[nH]c2c1. The summed E-state index contributed by atoms with van der Waals surface area (Å²) in [5.41, 5.74) is 2.52. The number of rotatable bonds is 7. The van der Waals surface area contributed by atoms with Gasteiger partial charge in [0.15, 0.2) is 5.82 Å². The highest BCUT2D eigenvalue weighted by atomic mass is 16.5. The Morgan fingerprint density at radius 1 is 1.18 bits per heavy atom. The van der Waals surface area contributed by atoms with Gasteiger partial charge in [-0.25, -0.2) is 4.68 Å². The number of hydrogen-bond donors (Lipinski definition) is 1. The number of likely N-dealkylation sites (tertiary alicyclic amines) is 1. The summed E-state index contributed by atoms with van der Waals surface area (Å²) in [6.45, 7) is 4.71. The molecule has 2 atom stereocenters. The highest BCUT2D eigenvalue weighted by molar-refractivity contribution is 5.80. The monoisotopic (exact) mass is 458 g/mol. The molecule has 1 N–H and O–H groups in total. The first-order valence-corrected chi connectivity index (χ1v) is 11.9. The van der Waals surface area contributed by atoms with Crippen LogP contribution in [0.2, 0.25) is 0 Å². The topological polar surface area (TPSA) is 88.9 Å². The van der Waals surface area contributed by atoms with Crippen LogP contribution in [0.25, 0.3) is 10.9 Å². The van der Waals surface area contributed by atoms with E-state index in [0.717, 1.165) is 36.8 Å². The van der Waals surface area contributed by atoms with Gasteiger partial charge in [0.1, 0.15) is 11.8 Å². The van der Waals surface area contributed by atoms with Crippen molar-refractivity contribution >= 4 is 10.9 Å². The van der Waals surface area contributed by atoms with Gasteiger partial charge >= 0.3 is 0 Å². The van der Waals surface area contributed by atoms with Crippen molar-refractivity contribution in [3.8, 4) is 5.75 Å². The number of aromatic amines is 1. The Hall–Kier alpha value is -3.52. The molecule has 2 aromatic heterocycles. The van der Waals surface area contributed by atoms with Gasteiger partial charge < -0.3 is 9.72 Å². The van der Waals surface area contributed by atoms with Crippen molar-refractivity contribution in [1.82, 2.24) is 30.1 Å². The predicted molar refractivity (Wildman–Crippen MR) is 131 cm³/mol. The van der Waals surface area contributed by atoms with Crippen LogP contribution in [0, 0.1) is 5.92 Å². The van der Waals surface area contributed by atoms with Crippen molar-refractivity contribution in [3.63, 3.8) is 0 Å². The number of nitrogens with zero attached hydrogens (tertiary/aromatic N) is 5. The first-order valence-electron chi connectivity index (χ1n) is 11.9. The van der Waals surface area contributed by atoms with Crippen molar-refractivity contribution < 1.29 is 4.74 Å². The van der Waals surface area contributed by atoms with Crippen LogP contribution < -0.4 is 10.3 Å². The van der Waals surface area contributed by atoms with E-state index < -0.39 is 0 Å². The maximum Gasteiger partial charge on any atom is 0.253 e. The molecule has 0 spiro atoms. The number of fused-ring (bicyclic) bond motifs is 1. The molecule has 2 aromatic carbocycles. The lowest BCUT2D eigenvalue weighted by Gasteiger charge is -2.36. The number of nitrogens with one attached hydrogen (secondary N) is 1. The van der Waals surface area contributed by atoms with Crippen LogP contribution >= 0.6 is 0 Å². The van der Waals surface area contributed by atoms with Gasteiger partial charge in [-0.15, -0.1) is 5.10 Å². The fourth-order valence-corrected chi connectivity index (χ4v) is 4.93. The summed E-state index contributed by atoms with van der Waals surface area (Å²) >= 11 is 0. The summed E-state index contributed by atoms with van der Waals surface area (Å²) < 4.78 is 7.18. The van der Waals surface area contributed by atoms with E-state index >= 15 is 0 Å². The van der Waals surface area contributed by atoms with Gasteiger partial charge in [0, 0.05) is 24.7 Å². The van der Waals surface area contributed by atoms with Gasteiger partial charge in [-0.2, -0.15) is 0 Å². The van der Waals surface area contributed by atoms with Gasteiger partial charge in [0.2, 0.25) is 0 Å². The number of H-pyrrole nitrogens is 1. The summed E-state index contributed by atoms with van der Waals surface area (Å²) in [6, 6.07) is 17.7. The molecule has 0 aliphatic carbocycles. The zero-order valence-electron chi connectivity index (χ0n) is 19.6. The zero-order valence-corrected chi connectivity index (χ0v) is 19.6. The normalized spacial score (nSPS) is 17.6. The maximum atomic E-state index is 13.4. The first kappa shape index (κ1) is 22.3. The molecule has 176 valence electrons. The van der Waals surface area contributed by atoms with Crippen LogP contribution in [0.15, 0.2) is 59.4 Å². The first-order chi connectivity index (χ1) is 16.6. The number of methoxy groups -OCH3 is 1. The van der Waals surface area contributed by atoms with Crippen LogP contribution in [-0.2, 0) is 13.0 Å². The number of ether oxygens (including phenoxy) is 1.